The van der Waals surface area contributed by atoms with Gasteiger partial charge in [0.15, 0.2) is 0 Å². The Morgan fingerprint density at radius 2 is 1.95 bits per heavy atom. The lowest BCUT2D eigenvalue weighted by atomic mass is 10.2. The molecule has 2 aromatic rings. The fraction of sp³-hybridized carbons (Fsp3) is 0.0667. The van der Waals surface area contributed by atoms with Gasteiger partial charge in [-0.2, -0.15) is 5.10 Å². The molecule has 0 saturated heterocycles. The Kier molecular flexibility index (Phi) is 5.57. The van der Waals surface area contributed by atoms with Gasteiger partial charge >= 0.3 is 5.97 Å². The predicted molar refractivity (Wildman–Crippen MR) is 92.5 cm³/mol. The number of rotatable bonds is 4. The Balaban J connectivity index is 2.08. The molecule has 0 fully saturated rings. The molecule has 0 aliphatic rings. The topological polar surface area (TPSA) is 70.9 Å². The summed E-state index contributed by atoms with van der Waals surface area (Å²) < 4.78 is 6.02. The minimum atomic E-state index is -0.390. The lowest BCUT2D eigenvalue weighted by molar-refractivity contribution is 0.0601. The summed E-state index contributed by atoms with van der Waals surface area (Å²) in [6.07, 6.45) is 1.50. The van der Waals surface area contributed by atoms with Crippen molar-refractivity contribution in [2.24, 2.45) is 5.10 Å². The Hall–Kier alpha value is -1.86. The third-order valence-corrected chi connectivity index (χ3v) is 3.82. The molecule has 22 heavy (non-hydrogen) atoms. The summed E-state index contributed by atoms with van der Waals surface area (Å²) in [4.78, 5) is 11.3. The van der Waals surface area contributed by atoms with Crippen LogP contribution in [0.3, 0.4) is 0 Å². The number of carbonyl (C=O) groups is 1. The van der Waals surface area contributed by atoms with Gasteiger partial charge in [0, 0.05) is 10.0 Å². The third-order valence-electron chi connectivity index (χ3n) is 2.76. The van der Waals surface area contributed by atoms with Gasteiger partial charge in [0.25, 0.3) is 0 Å². The minimum Gasteiger partial charge on any atom is -0.506 e. The van der Waals surface area contributed by atoms with Crippen LogP contribution in [-0.4, -0.2) is 24.4 Å². The fourth-order valence-corrected chi connectivity index (χ4v) is 2.92. The third kappa shape index (κ3) is 4.08. The molecule has 114 valence electrons. The van der Waals surface area contributed by atoms with E-state index in [1.165, 1.54) is 13.3 Å². The molecular formula is C15H12Br2N2O3. The van der Waals surface area contributed by atoms with Crippen LogP contribution in [0, 0.1) is 0 Å². The molecule has 0 atom stereocenters. The lowest BCUT2D eigenvalue weighted by Crippen LogP contribution is -2.00. The predicted octanol–water partition coefficient (Wildman–Crippen LogP) is 4.15. The quantitative estimate of drug-likeness (QED) is 0.436. The van der Waals surface area contributed by atoms with E-state index < -0.39 is 0 Å². The first kappa shape index (κ1) is 16.5. The number of ether oxygens (including phenoxy) is 1. The highest BCUT2D eigenvalue weighted by atomic mass is 79.9. The van der Waals surface area contributed by atoms with Crippen LogP contribution in [0.1, 0.15) is 15.9 Å². The van der Waals surface area contributed by atoms with Crippen molar-refractivity contribution in [1.29, 1.82) is 0 Å². The summed E-state index contributed by atoms with van der Waals surface area (Å²) in [5.41, 5.74) is 4.54. The second kappa shape index (κ2) is 7.42. The highest BCUT2D eigenvalue weighted by molar-refractivity contribution is 9.11. The first-order valence-electron chi connectivity index (χ1n) is 6.16. The minimum absolute atomic E-state index is 0.106. The van der Waals surface area contributed by atoms with Gasteiger partial charge in [-0.3, -0.25) is 5.43 Å². The monoisotopic (exact) mass is 426 g/mol. The molecule has 7 heteroatoms. The number of esters is 1. The molecule has 0 saturated carbocycles. The van der Waals surface area contributed by atoms with E-state index in [-0.39, 0.29) is 11.7 Å². The van der Waals surface area contributed by atoms with Crippen molar-refractivity contribution in [3.63, 3.8) is 0 Å². The molecule has 0 radical (unpaired) electrons. The molecule has 2 N–H and O–H groups in total. The average molecular weight is 428 g/mol. The highest BCUT2D eigenvalue weighted by Gasteiger charge is 2.06. The van der Waals surface area contributed by atoms with Crippen LogP contribution in [0.15, 0.2) is 50.4 Å². The van der Waals surface area contributed by atoms with Gasteiger partial charge in [-0.1, -0.05) is 15.9 Å². The summed E-state index contributed by atoms with van der Waals surface area (Å²) in [5.74, 6) is -0.284. The first-order valence-corrected chi connectivity index (χ1v) is 7.75. The molecule has 0 bridgehead atoms. The van der Waals surface area contributed by atoms with E-state index in [0.717, 1.165) is 4.47 Å². The number of benzene rings is 2. The van der Waals surface area contributed by atoms with Crippen LogP contribution >= 0.6 is 31.9 Å². The van der Waals surface area contributed by atoms with Gasteiger partial charge in [0.1, 0.15) is 5.75 Å². The highest BCUT2D eigenvalue weighted by Crippen LogP contribution is 2.30. The summed E-state index contributed by atoms with van der Waals surface area (Å²) >= 11 is 6.60. The van der Waals surface area contributed by atoms with Gasteiger partial charge in [-0.05, 0) is 52.3 Å². The van der Waals surface area contributed by atoms with Crippen molar-refractivity contribution in [2.45, 2.75) is 0 Å². The Morgan fingerprint density at radius 3 is 2.59 bits per heavy atom. The molecular weight excluding hydrogens is 416 g/mol. The van der Waals surface area contributed by atoms with Gasteiger partial charge in [-0.25, -0.2) is 4.79 Å². The molecule has 0 aliphatic carbocycles. The number of aromatic hydroxyl groups is 1. The number of halogens is 2. The molecule has 0 heterocycles. The SMILES string of the molecule is COC(=O)c1ccc(NN=Cc2cc(Br)cc(Br)c2O)cc1. The Labute approximate surface area is 144 Å². The maximum absolute atomic E-state index is 11.3. The number of nitrogens with one attached hydrogen (secondary N) is 1. The summed E-state index contributed by atoms with van der Waals surface area (Å²) in [5, 5.41) is 14.0. The maximum atomic E-state index is 11.3. The molecule has 0 unspecified atom stereocenters. The van der Waals surface area contributed by atoms with E-state index in [9.17, 15) is 9.90 Å². The van der Waals surface area contributed by atoms with E-state index in [0.29, 0.717) is 21.3 Å². The summed E-state index contributed by atoms with van der Waals surface area (Å²) in [7, 11) is 1.33. The molecule has 5 nitrogen and oxygen atoms in total. The van der Waals surface area contributed by atoms with Crippen LogP contribution in [0.25, 0.3) is 0 Å². The second-order valence-corrected chi connectivity index (χ2v) is 6.03. The van der Waals surface area contributed by atoms with Crippen molar-refractivity contribution in [3.8, 4) is 5.75 Å². The lowest BCUT2D eigenvalue weighted by Gasteiger charge is -2.04. The van der Waals surface area contributed by atoms with Gasteiger partial charge < -0.3 is 9.84 Å². The Bertz CT molecular complexity index is 715. The number of methoxy groups -OCH3 is 1. The van der Waals surface area contributed by atoms with Crippen LogP contribution in [-0.2, 0) is 4.74 Å². The number of hydrazone groups is 1. The molecule has 2 rings (SSSR count). The van der Waals surface area contributed by atoms with Crippen LogP contribution < -0.4 is 5.43 Å². The molecule has 0 aromatic heterocycles. The number of carbonyl (C=O) groups excluding carboxylic acids is 1. The van der Waals surface area contributed by atoms with E-state index in [2.05, 4.69) is 47.1 Å². The fourth-order valence-electron chi connectivity index (χ4n) is 1.66. The van der Waals surface area contributed by atoms with E-state index in [1.54, 1.807) is 36.4 Å². The number of nitrogens with zero attached hydrogens (tertiary/aromatic N) is 1. The van der Waals surface area contributed by atoms with E-state index in [1.807, 2.05) is 0 Å². The summed E-state index contributed by atoms with van der Waals surface area (Å²) in [6, 6.07) is 10.2. The number of hydrogen-bond acceptors (Lipinski definition) is 5. The van der Waals surface area contributed by atoms with Crippen LogP contribution in [0.2, 0.25) is 0 Å². The van der Waals surface area contributed by atoms with Crippen molar-refractivity contribution in [3.05, 3.63) is 56.5 Å². The van der Waals surface area contributed by atoms with E-state index >= 15 is 0 Å². The maximum Gasteiger partial charge on any atom is 0.337 e. The van der Waals surface area contributed by atoms with Crippen LogP contribution in [0.4, 0.5) is 5.69 Å². The van der Waals surface area contributed by atoms with Gasteiger partial charge in [0.05, 0.1) is 29.0 Å². The molecule has 2 aromatic carbocycles. The molecule has 0 amide bonds. The number of anilines is 1. The first-order chi connectivity index (χ1) is 10.5. The van der Waals surface area contributed by atoms with Crippen LogP contribution in [0.5, 0.6) is 5.75 Å². The van der Waals surface area contributed by atoms with Crippen molar-refractivity contribution in [1.82, 2.24) is 0 Å². The largest absolute Gasteiger partial charge is 0.506 e. The second-order valence-electron chi connectivity index (χ2n) is 4.26. The molecule has 0 spiro atoms. The standard InChI is InChI=1S/C15H12Br2N2O3/c1-22-15(21)9-2-4-12(5-3-9)19-18-8-10-6-11(16)7-13(17)14(10)20/h2-8,19-20H,1H3. The van der Waals surface area contributed by atoms with E-state index in [4.69, 9.17) is 0 Å². The van der Waals surface area contributed by atoms with Crippen molar-refractivity contribution < 1.29 is 14.6 Å². The normalized spacial score (nSPS) is 10.7. The number of phenolic OH excluding ortho intramolecular Hbond substituents is 1. The average Bonchev–Trinajstić information content (AvgIpc) is 2.51. The zero-order chi connectivity index (χ0) is 16.1. The van der Waals surface area contributed by atoms with Gasteiger partial charge in [-0.15, -0.1) is 0 Å². The zero-order valence-electron chi connectivity index (χ0n) is 11.5. The smallest absolute Gasteiger partial charge is 0.337 e. The van der Waals surface area contributed by atoms with Crippen molar-refractivity contribution >= 4 is 49.7 Å². The van der Waals surface area contributed by atoms with Crippen molar-refractivity contribution in [2.75, 3.05) is 12.5 Å². The number of phenols is 1. The van der Waals surface area contributed by atoms with Gasteiger partial charge in [0.2, 0.25) is 0 Å². The summed E-state index contributed by atoms with van der Waals surface area (Å²) in [6.45, 7) is 0. The Morgan fingerprint density at radius 1 is 1.27 bits per heavy atom. The number of hydrogen-bond donors (Lipinski definition) is 2. The zero-order valence-corrected chi connectivity index (χ0v) is 14.7. The molecule has 0 aliphatic heterocycles.